The molecule has 4 aromatic rings. The maximum Gasteiger partial charge on any atom is 0.339 e. The third kappa shape index (κ3) is 8.06. The summed E-state index contributed by atoms with van der Waals surface area (Å²) in [5.74, 6) is -5.24. The van der Waals surface area contributed by atoms with Gasteiger partial charge in [-0.3, -0.25) is 19.2 Å². The first-order valence-electron chi connectivity index (χ1n) is 22.3. The first kappa shape index (κ1) is 51.1. The number of hydrogen-bond acceptors (Lipinski definition) is 14. The number of Topliss-reactive ketones (excluding diaryl/α,β-unsaturated/α-hetero) is 4. The summed E-state index contributed by atoms with van der Waals surface area (Å²) in [6.07, 6.45) is 0.866. The fourth-order valence-corrected chi connectivity index (χ4v) is 13.1. The molecule has 0 atom stereocenters. The van der Waals surface area contributed by atoms with Crippen molar-refractivity contribution in [2.75, 3.05) is 0 Å². The highest BCUT2D eigenvalue weighted by Crippen LogP contribution is 2.65. The van der Waals surface area contributed by atoms with Crippen LogP contribution in [0.15, 0.2) is 102 Å². The fourth-order valence-electron chi connectivity index (χ4n) is 10.8. The molecule has 22 nitrogen and oxygen atoms in total. The average molecular weight is 1030 g/mol. The third-order valence-corrected chi connectivity index (χ3v) is 16.2. The molecule has 0 radical (unpaired) electrons. The van der Waals surface area contributed by atoms with Gasteiger partial charge in [0.15, 0.2) is 0 Å². The topological polar surface area (TPSA) is 350 Å². The van der Waals surface area contributed by atoms with Crippen LogP contribution in [0.25, 0.3) is 53.2 Å². The predicted octanol–water partition coefficient (Wildman–Crippen LogP) is 11.6. The lowest BCUT2D eigenvalue weighted by Gasteiger charge is -2.31. The summed E-state index contributed by atoms with van der Waals surface area (Å²) in [5, 5.41) is 13.6. The van der Waals surface area contributed by atoms with E-state index in [1.165, 1.54) is 24.3 Å². The van der Waals surface area contributed by atoms with Crippen LogP contribution in [0.3, 0.4) is 0 Å². The minimum absolute atomic E-state index is 0.105. The van der Waals surface area contributed by atoms with E-state index < -0.39 is 125 Å². The third-order valence-electron chi connectivity index (χ3n) is 13.7. The molecular weight excluding hydrogens is 981 g/mol. The smallest absolute Gasteiger partial charge is 0.339 e. The number of rotatable bonds is 10. The van der Waals surface area contributed by atoms with E-state index in [-0.39, 0.29) is 11.5 Å². The van der Waals surface area contributed by atoms with E-state index >= 15 is 0 Å². The second-order valence-electron chi connectivity index (χ2n) is 21.4. The van der Waals surface area contributed by atoms with Crippen LogP contribution in [0.2, 0.25) is 0 Å². The Morgan fingerprint density at radius 2 is 0.822 bits per heavy atom. The highest BCUT2D eigenvalue weighted by molar-refractivity contribution is 7.87. The first-order valence-corrected chi connectivity index (χ1v) is 25.2. The van der Waals surface area contributed by atoms with Crippen molar-refractivity contribution in [3.8, 4) is 11.5 Å². The molecule has 0 aromatic heterocycles. The van der Waals surface area contributed by atoms with E-state index in [4.69, 9.17) is 8.37 Å². The van der Waals surface area contributed by atoms with E-state index in [1.807, 2.05) is 81.4 Å². The molecule has 1 spiro atoms. The maximum atomic E-state index is 14.8. The summed E-state index contributed by atoms with van der Waals surface area (Å²) < 4.78 is 71.6. The van der Waals surface area contributed by atoms with Gasteiger partial charge in [0.1, 0.15) is 21.3 Å². The summed E-state index contributed by atoms with van der Waals surface area (Å²) in [6.45, 7) is 19.4. The monoisotopic (exact) mass is 1020 g/mol. The Kier molecular flexibility index (Phi) is 11.9. The van der Waals surface area contributed by atoms with Gasteiger partial charge in [-0.05, 0) is 103 Å². The molecule has 0 fully saturated rings. The second-order valence-corrected chi connectivity index (χ2v) is 24.4. The van der Waals surface area contributed by atoms with Crippen molar-refractivity contribution < 1.29 is 44.4 Å². The Labute approximate surface area is 417 Å². The number of allylic oxidation sites excluding steroid dienone is 2. The van der Waals surface area contributed by atoms with Crippen LogP contribution in [-0.2, 0) is 56.9 Å². The zero-order chi connectivity index (χ0) is 53.8. The SMILES string of the molecule is CC(C)(C)c1cc2c(cc1OS(=O)(=O)c1cccc3c1C(N=[N+]=[N-])=C(N=[N+]=[N-])C(=O)C3=O)C1(CC2(C)C)CC(C)(C)c2cc(C(C)(C)C)c(OS(=O)(=O)c3cccc4c3C(N=[N+]=[N-])=C(N=[N+]=[N-])C(=O)C4=O)cc21. The van der Waals surface area contributed by atoms with Gasteiger partial charge in [-0.1, -0.05) is 126 Å². The number of ketones is 4. The van der Waals surface area contributed by atoms with E-state index in [0.29, 0.717) is 35.1 Å². The van der Waals surface area contributed by atoms with Crippen LogP contribution in [0.1, 0.15) is 147 Å². The van der Waals surface area contributed by atoms with Crippen molar-refractivity contribution in [2.45, 2.75) is 119 Å². The molecule has 4 aliphatic carbocycles. The van der Waals surface area contributed by atoms with Crippen LogP contribution in [-0.4, -0.2) is 40.0 Å². The maximum absolute atomic E-state index is 14.8. The van der Waals surface area contributed by atoms with E-state index in [0.717, 1.165) is 23.3 Å². The van der Waals surface area contributed by atoms with Gasteiger partial charge in [-0.25, -0.2) is 0 Å². The molecule has 0 aliphatic heterocycles. The minimum atomic E-state index is -5.03. The van der Waals surface area contributed by atoms with Crippen LogP contribution in [0.5, 0.6) is 11.5 Å². The molecule has 0 heterocycles. The zero-order valence-corrected chi connectivity index (χ0v) is 42.6. The standard InChI is InChI=1S/C49H44N12O10S2/c1-45(2,3)29-17-25-27(19-31(29)70-72(66,67)33-15-11-13-23-35(33)37(54-58-50)39(56-60-52)43(64)41(23)62)49(21-47(25,7)8)22-48(9,10)26-18-30(46(4,5)6)32(20-28(26)49)71-73(68,69)34-16-12-14-24-36(34)38(55-59-51)40(57-61-53)44(65)42(24)63/h11-20H,21-22H2,1-10H3. The Bertz CT molecular complexity index is 3550. The molecule has 4 aromatic carbocycles. The van der Waals surface area contributed by atoms with Crippen molar-refractivity contribution in [3.63, 3.8) is 0 Å². The van der Waals surface area contributed by atoms with Gasteiger partial charge >= 0.3 is 20.2 Å². The summed E-state index contributed by atoms with van der Waals surface area (Å²) in [5.41, 5.74) is 32.7. The van der Waals surface area contributed by atoms with E-state index in [2.05, 4.69) is 40.1 Å². The van der Waals surface area contributed by atoms with E-state index in [1.54, 1.807) is 12.1 Å². The largest absolute Gasteiger partial charge is 0.379 e. The molecule has 73 heavy (non-hydrogen) atoms. The second kappa shape index (κ2) is 17.0. The number of fused-ring (bicyclic) bond motifs is 6. The van der Waals surface area contributed by atoms with Gasteiger partial charge in [-0.15, -0.1) is 0 Å². The lowest BCUT2D eigenvalue weighted by atomic mass is 9.72. The number of carbonyl (C=O) groups is 4. The van der Waals surface area contributed by atoms with E-state index in [9.17, 15) is 58.1 Å². The number of nitrogens with zero attached hydrogens (tertiary/aromatic N) is 12. The highest BCUT2D eigenvalue weighted by Gasteiger charge is 2.57. The molecule has 0 bridgehead atoms. The lowest BCUT2D eigenvalue weighted by Crippen LogP contribution is -2.27. The molecule has 24 heteroatoms. The highest BCUT2D eigenvalue weighted by atomic mass is 32.2. The van der Waals surface area contributed by atoms with Gasteiger partial charge in [0, 0.05) is 58.4 Å². The van der Waals surface area contributed by atoms with Gasteiger partial charge in [0.25, 0.3) is 0 Å². The molecule has 0 unspecified atom stereocenters. The van der Waals surface area contributed by atoms with Gasteiger partial charge in [0.2, 0.25) is 23.1 Å². The molecule has 8 rings (SSSR count). The molecule has 0 saturated heterocycles. The minimum Gasteiger partial charge on any atom is -0.379 e. The predicted molar refractivity (Wildman–Crippen MR) is 264 cm³/mol. The first-order chi connectivity index (χ1) is 33.9. The molecular formula is C49H44N12O10S2. The molecule has 0 saturated carbocycles. The molecule has 0 amide bonds. The van der Waals surface area contributed by atoms with Crippen LogP contribution >= 0.6 is 0 Å². The lowest BCUT2D eigenvalue weighted by molar-refractivity contribution is -0.112. The number of hydrogen-bond donors (Lipinski definition) is 0. The quantitative estimate of drug-likeness (QED) is 0.0475. The summed E-state index contributed by atoms with van der Waals surface area (Å²) in [6, 6.07) is 14.0. The van der Waals surface area contributed by atoms with Gasteiger partial charge < -0.3 is 8.37 Å². The van der Waals surface area contributed by atoms with Crippen molar-refractivity contribution in [1.29, 1.82) is 0 Å². The summed E-state index contributed by atoms with van der Waals surface area (Å²) >= 11 is 0. The normalized spacial score (nSPS) is 18.7. The van der Waals surface area contributed by atoms with Crippen molar-refractivity contribution in [1.82, 2.24) is 0 Å². The van der Waals surface area contributed by atoms with Gasteiger partial charge in [0.05, 0.1) is 22.8 Å². The van der Waals surface area contributed by atoms with Crippen LogP contribution in [0, 0.1) is 0 Å². The number of azide groups is 4. The molecule has 0 N–H and O–H groups in total. The summed E-state index contributed by atoms with van der Waals surface area (Å²) in [7, 11) is -10.1. The number of benzene rings is 4. The van der Waals surface area contributed by atoms with Crippen molar-refractivity contribution >= 4 is 54.8 Å². The number of carbonyl (C=O) groups excluding carboxylic acids is 4. The zero-order valence-electron chi connectivity index (χ0n) is 41.0. The van der Waals surface area contributed by atoms with Crippen LogP contribution < -0.4 is 8.37 Å². The fraction of sp³-hybridized carbons (Fsp3) is 0.347. The Balaban J connectivity index is 1.35. The van der Waals surface area contributed by atoms with Crippen LogP contribution in [0.4, 0.5) is 0 Å². The Hall–Kier alpha value is -8.22. The Morgan fingerprint density at radius 3 is 1.14 bits per heavy atom. The molecule has 4 aliphatic rings. The van der Waals surface area contributed by atoms with Gasteiger partial charge in [-0.2, -0.15) is 16.8 Å². The van der Waals surface area contributed by atoms with Crippen molar-refractivity contribution in [3.05, 3.63) is 169 Å². The average Bonchev–Trinajstić information content (AvgIpc) is 3.65. The summed E-state index contributed by atoms with van der Waals surface area (Å²) in [4.78, 5) is 62.0. The van der Waals surface area contributed by atoms with Crippen molar-refractivity contribution in [2.24, 2.45) is 20.5 Å². The molecule has 372 valence electrons. The Morgan fingerprint density at radius 1 is 0.493 bits per heavy atom.